The molecular formula is C20H15ClN2O4S. The van der Waals surface area contributed by atoms with Gasteiger partial charge in [0, 0.05) is 22.5 Å². The summed E-state index contributed by atoms with van der Waals surface area (Å²) in [6.07, 6.45) is -0.135. The Morgan fingerprint density at radius 2 is 2.07 bits per heavy atom. The molecule has 0 unspecified atom stereocenters. The van der Waals surface area contributed by atoms with E-state index in [0.29, 0.717) is 37.6 Å². The smallest absolute Gasteiger partial charge is 0.308 e. The van der Waals surface area contributed by atoms with Crippen molar-refractivity contribution in [3.05, 3.63) is 52.4 Å². The number of benzene rings is 2. The first-order chi connectivity index (χ1) is 13.4. The molecule has 1 aliphatic rings. The Bertz CT molecular complexity index is 1080. The Balaban J connectivity index is 1.89. The van der Waals surface area contributed by atoms with Crippen LogP contribution in [-0.4, -0.2) is 35.6 Å². The van der Waals surface area contributed by atoms with Gasteiger partial charge in [-0.2, -0.15) is 0 Å². The van der Waals surface area contributed by atoms with Crippen molar-refractivity contribution in [2.75, 3.05) is 18.6 Å². The molecule has 1 N–H and O–H groups in total. The second-order valence-electron chi connectivity index (χ2n) is 6.27. The summed E-state index contributed by atoms with van der Waals surface area (Å²) in [4.78, 5) is 30.2. The van der Waals surface area contributed by atoms with E-state index in [1.54, 1.807) is 19.2 Å². The lowest BCUT2D eigenvalue weighted by atomic mass is 10.1. The van der Waals surface area contributed by atoms with Gasteiger partial charge >= 0.3 is 5.97 Å². The summed E-state index contributed by atoms with van der Waals surface area (Å²) < 4.78 is 5.68. The molecule has 6 nitrogen and oxygen atoms in total. The number of fused-ring (bicyclic) bond motifs is 1. The molecule has 28 heavy (non-hydrogen) atoms. The fourth-order valence-corrected chi connectivity index (χ4v) is 4.35. The highest BCUT2D eigenvalue weighted by Crippen LogP contribution is 2.45. The number of halogens is 1. The monoisotopic (exact) mass is 414 g/mol. The summed E-state index contributed by atoms with van der Waals surface area (Å²) in [7, 11) is 1.66. The van der Waals surface area contributed by atoms with Gasteiger partial charge in [0.1, 0.15) is 5.01 Å². The van der Waals surface area contributed by atoms with Crippen molar-refractivity contribution < 1.29 is 19.4 Å². The molecule has 2 heterocycles. The topological polar surface area (TPSA) is 79.7 Å². The standard InChI is InChI=1S/C20H15ClN2O4S/c1-23-14-8-12(21)7-13(19(14)27-10-16(23)24)20-22-18(11-5-3-2-4-6-11)15(28-20)9-17(25)26/h2-8H,9-10H2,1H3,(H,25,26). The maximum absolute atomic E-state index is 12.0. The number of carbonyl (C=O) groups excluding carboxylic acids is 1. The lowest BCUT2D eigenvalue weighted by Crippen LogP contribution is -2.35. The number of aromatic nitrogens is 1. The van der Waals surface area contributed by atoms with Crippen molar-refractivity contribution in [2.45, 2.75) is 6.42 Å². The predicted octanol–water partition coefficient (Wildman–Crippen LogP) is 4.11. The molecule has 0 spiro atoms. The van der Waals surface area contributed by atoms with E-state index >= 15 is 0 Å². The first-order valence-corrected chi connectivity index (χ1v) is 9.63. The minimum atomic E-state index is -0.929. The number of rotatable bonds is 4. The molecule has 1 aliphatic heterocycles. The van der Waals surface area contributed by atoms with Gasteiger partial charge in [-0.05, 0) is 12.1 Å². The van der Waals surface area contributed by atoms with Crippen LogP contribution in [0.4, 0.5) is 5.69 Å². The highest BCUT2D eigenvalue weighted by Gasteiger charge is 2.28. The van der Waals surface area contributed by atoms with Crippen LogP contribution in [0.25, 0.3) is 21.8 Å². The van der Waals surface area contributed by atoms with E-state index in [4.69, 9.17) is 21.3 Å². The number of anilines is 1. The van der Waals surface area contributed by atoms with Crippen LogP contribution in [0.15, 0.2) is 42.5 Å². The number of thiazole rings is 1. The highest BCUT2D eigenvalue weighted by atomic mass is 35.5. The maximum Gasteiger partial charge on any atom is 0.308 e. The van der Waals surface area contributed by atoms with Crippen molar-refractivity contribution in [3.63, 3.8) is 0 Å². The quantitative estimate of drug-likeness (QED) is 0.694. The number of hydrogen-bond acceptors (Lipinski definition) is 5. The normalized spacial score (nSPS) is 13.2. The zero-order valence-electron chi connectivity index (χ0n) is 14.8. The fraction of sp³-hybridized carbons (Fsp3) is 0.150. The minimum absolute atomic E-state index is 0.0724. The van der Waals surface area contributed by atoms with Crippen molar-refractivity contribution in [1.82, 2.24) is 4.98 Å². The average molecular weight is 415 g/mol. The van der Waals surface area contributed by atoms with Gasteiger partial charge in [-0.3, -0.25) is 9.59 Å². The predicted molar refractivity (Wildman–Crippen MR) is 108 cm³/mol. The molecule has 1 aromatic heterocycles. The molecular weight excluding hydrogens is 400 g/mol. The summed E-state index contributed by atoms with van der Waals surface area (Å²) in [6.45, 7) is -0.0724. The number of hydrogen-bond donors (Lipinski definition) is 1. The number of aliphatic carboxylic acids is 1. The number of likely N-dealkylation sites (N-methyl/N-ethyl adjacent to an activating group) is 1. The van der Waals surface area contributed by atoms with Crippen LogP contribution in [0, 0.1) is 0 Å². The minimum Gasteiger partial charge on any atom is -0.481 e. The van der Waals surface area contributed by atoms with Crippen molar-refractivity contribution in [2.24, 2.45) is 0 Å². The lowest BCUT2D eigenvalue weighted by molar-refractivity contribution is -0.136. The molecule has 0 radical (unpaired) electrons. The van der Waals surface area contributed by atoms with Gasteiger partial charge in [-0.15, -0.1) is 11.3 Å². The highest BCUT2D eigenvalue weighted by molar-refractivity contribution is 7.15. The van der Waals surface area contributed by atoms with E-state index in [2.05, 4.69) is 0 Å². The molecule has 1 amide bonds. The second-order valence-corrected chi connectivity index (χ2v) is 7.79. The third-order valence-corrected chi connectivity index (χ3v) is 5.70. The Kier molecular flexibility index (Phi) is 4.78. The summed E-state index contributed by atoms with van der Waals surface area (Å²) in [5.74, 6) is -0.583. The average Bonchev–Trinajstić information content (AvgIpc) is 3.08. The van der Waals surface area contributed by atoms with Gasteiger partial charge in [0.25, 0.3) is 5.91 Å². The van der Waals surface area contributed by atoms with Crippen molar-refractivity contribution in [3.8, 4) is 27.6 Å². The summed E-state index contributed by atoms with van der Waals surface area (Å²) in [5, 5.41) is 10.3. The summed E-state index contributed by atoms with van der Waals surface area (Å²) in [5.41, 5.74) is 2.66. The molecule has 0 saturated carbocycles. The Morgan fingerprint density at radius 1 is 1.32 bits per heavy atom. The van der Waals surface area contributed by atoms with Crippen LogP contribution < -0.4 is 9.64 Å². The first-order valence-electron chi connectivity index (χ1n) is 8.44. The van der Waals surface area contributed by atoms with Gasteiger partial charge in [0.05, 0.1) is 23.4 Å². The number of carbonyl (C=O) groups is 2. The number of ether oxygens (including phenoxy) is 1. The fourth-order valence-electron chi connectivity index (χ4n) is 3.05. The molecule has 0 bridgehead atoms. The summed E-state index contributed by atoms with van der Waals surface area (Å²) in [6, 6.07) is 12.8. The zero-order chi connectivity index (χ0) is 19.8. The third-order valence-electron chi connectivity index (χ3n) is 4.40. The molecule has 4 rings (SSSR count). The molecule has 3 aromatic rings. The third kappa shape index (κ3) is 3.34. The first kappa shape index (κ1) is 18.5. The number of carboxylic acid groups (broad SMARTS) is 1. The number of carboxylic acids is 1. The van der Waals surface area contributed by atoms with Crippen LogP contribution >= 0.6 is 22.9 Å². The SMILES string of the molecule is CN1C(=O)COc2c(-c3nc(-c4ccccc4)c(CC(=O)O)s3)cc(Cl)cc21. The van der Waals surface area contributed by atoms with Crippen LogP contribution in [0.3, 0.4) is 0 Å². The second kappa shape index (κ2) is 7.26. The zero-order valence-corrected chi connectivity index (χ0v) is 16.4. The Hall–Kier alpha value is -2.90. The molecule has 0 saturated heterocycles. The van der Waals surface area contributed by atoms with Crippen LogP contribution in [0.2, 0.25) is 5.02 Å². The van der Waals surface area contributed by atoms with Gasteiger partial charge in [-0.1, -0.05) is 41.9 Å². The molecule has 0 fully saturated rings. The Labute approximate surface area is 170 Å². The summed E-state index contributed by atoms with van der Waals surface area (Å²) >= 11 is 7.57. The van der Waals surface area contributed by atoms with Crippen LogP contribution in [0.1, 0.15) is 4.88 Å². The van der Waals surface area contributed by atoms with Gasteiger partial charge < -0.3 is 14.7 Å². The maximum atomic E-state index is 12.0. The molecule has 142 valence electrons. The molecule has 8 heteroatoms. The van der Waals surface area contributed by atoms with Gasteiger partial charge in [0.15, 0.2) is 12.4 Å². The van der Waals surface area contributed by atoms with Crippen molar-refractivity contribution in [1.29, 1.82) is 0 Å². The van der Waals surface area contributed by atoms with E-state index in [1.807, 2.05) is 30.3 Å². The molecule has 0 atom stereocenters. The van der Waals surface area contributed by atoms with E-state index in [-0.39, 0.29) is 18.9 Å². The molecule has 2 aromatic carbocycles. The van der Waals surface area contributed by atoms with E-state index < -0.39 is 5.97 Å². The largest absolute Gasteiger partial charge is 0.481 e. The van der Waals surface area contributed by atoms with Crippen molar-refractivity contribution >= 4 is 40.5 Å². The van der Waals surface area contributed by atoms with E-state index in [0.717, 1.165) is 5.56 Å². The molecule has 0 aliphatic carbocycles. The van der Waals surface area contributed by atoms with Gasteiger partial charge in [-0.25, -0.2) is 4.98 Å². The van der Waals surface area contributed by atoms with E-state index in [9.17, 15) is 14.7 Å². The lowest BCUT2D eigenvalue weighted by Gasteiger charge is -2.27. The van der Waals surface area contributed by atoms with E-state index in [1.165, 1.54) is 16.2 Å². The number of nitrogens with zero attached hydrogens (tertiary/aromatic N) is 2. The van der Waals surface area contributed by atoms with Gasteiger partial charge in [0.2, 0.25) is 0 Å². The number of amides is 1. The van der Waals surface area contributed by atoms with Crippen LogP contribution in [0.5, 0.6) is 5.75 Å². The van der Waals surface area contributed by atoms with Crippen LogP contribution in [-0.2, 0) is 16.0 Å². The Morgan fingerprint density at radius 3 is 2.79 bits per heavy atom.